The highest BCUT2D eigenvalue weighted by molar-refractivity contribution is 5.33. The first-order valence-corrected chi connectivity index (χ1v) is 5.80. The van der Waals surface area contributed by atoms with Gasteiger partial charge in [-0.2, -0.15) is 13.2 Å². The first-order chi connectivity index (χ1) is 8.88. The van der Waals surface area contributed by atoms with Crippen molar-refractivity contribution in [3.63, 3.8) is 0 Å². The highest BCUT2D eigenvalue weighted by Crippen LogP contribution is 2.31. The van der Waals surface area contributed by atoms with Crippen molar-refractivity contribution in [3.8, 4) is 0 Å². The van der Waals surface area contributed by atoms with E-state index in [2.05, 4.69) is 0 Å². The Bertz CT molecular complexity index is 541. The molecule has 2 aromatic rings. The molecule has 0 unspecified atom stereocenters. The molecule has 4 heteroatoms. The monoisotopic (exact) mass is 266 g/mol. The van der Waals surface area contributed by atoms with Crippen molar-refractivity contribution in [2.24, 2.45) is 0 Å². The largest absolute Gasteiger partial charge is 0.416 e. The fraction of sp³-hybridized carbons (Fsp3) is 0.200. The lowest BCUT2D eigenvalue weighted by Crippen LogP contribution is -2.06. The third-order valence-electron chi connectivity index (χ3n) is 2.95. The highest BCUT2D eigenvalue weighted by Gasteiger charge is 2.30. The third kappa shape index (κ3) is 3.15. The van der Waals surface area contributed by atoms with Gasteiger partial charge >= 0.3 is 6.18 Å². The molecule has 19 heavy (non-hydrogen) atoms. The maximum Gasteiger partial charge on any atom is 0.416 e. The predicted octanol–water partition coefficient (Wildman–Crippen LogP) is 4.10. The van der Waals surface area contributed by atoms with E-state index in [1.54, 1.807) is 12.1 Å². The molecule has 0 aliphatic heterocycles. The van der Waals surface area contributed by atoms with Crippen LogP contribution in [0.15, 0.2) is 48.5 Å². The lowest BCUT2D eigenvalue weighted by atomic mass is 9.99. The van der Waals surface area contributed by atoms with E-state index >= 15 is 0 Å². The van der Waals surface area contributed by atoms with E-state index in [9.17, 15) is 18.3 Å². The van der Waals surface area contributed by atoms with E-state index in [1.165, 1.54) is 12.1 Å². The van der Waals surface area contributed by atoms with Crippen LogP contribution in [0.5, 0.6) is 0 Å². The summed E-state index contributed by atoms with van der Waals surface area (Å²) in [6.45, 7) is 1.92. The fourth-order valence-corrected chi connectivity index (χ4v) is 1.80. The summed E-state index contributed by atoms with van der Waals surface area (Å²) < 4.78 is 37.3. The molecule has 0 radical (unpaired) electrons. The van der Waals surface area contributed by atoms with Crippen molar-refractivity contribution in [2.45, 2.75) is 19.2 Å². The van der Waals surface area contributed by atoms with Gasteiger partial charge in [-0.3, -0.25) is 0 Å². The number of alkyl halides is 3. The molecular formula is C15H13F3O. The molecule has 100 valence electrons. The van der Waals surface area contributed by atoms with Gasteiger partial charge in [0.25, 0.3) is 0 Å². The van der Waals surface area contributed by atoms with Crippen molar-refractivity contribution < 1.29 is 18.3 Å². The molecule has 0 aromatic heterocycles. The van der Waals surface area contributed by atoms with Crippen molar-refractivity contribution in [2.75, 3.05) is 0 Å². The number of aliphatic hydroxyl groups is 1. The Balaban J connectivity index is 2.25. The molecule has 1 N–H and O–H groups in total. The summed E-state index contributed by atoms with van der Waals surface area (Å²) in [6, 6.07) is 11.8. The van der Waals surface area contributed by atoms with E-state index in [-0.39, 0.29) is 0 Å². The standard InChI is InChI=1S/C15H13F3O/c1-10-2-4-11(5-3-10)14(19)12-6-8-13(9-7-12)15(16,17)18/h2-9,14,19H,1H3/t14-/m1/s1. The molecule has 0 heterocycles. The molecule has 2 aromatic carbocycles. The molecule has 1 nitrogen and oxygen atoms in total. The van der Waals surface area contributed by atoms with Crippen LogP contribution in [-0.4, -0.2) is 5.11 Å². The minimum absolute atomic E-state index is 0.442. The normalized spacial score (nSPS) is 13.3. The van der Waals surface area contributed by atoms with Gasteiger partial charge in [0.2, 0.25) is 0 Å². The minimum Gasteiger partial charge on any atom is -0.384 e. The second-order valence-electron chi connectivity index (χ2n) is 4.43. The smallest absolute Gasteiger partial charge is 0.384 e. The third-order valence-corrected chi connectivity index (χ3v) is 2.95. The summed E-state index contributed by atoms with van der Waals surface area (Å²) in [4.78, 5) is 0. The zero-order chi connectivity index (χ0) is 14.0. The summed E-state index contributed by atoms with van der Waals surface area (Å²) in [6.07, 6.45) is -5.27. The van der Waals surface area contributed by atoms with Gasteiger partial charge in [-0.25, -0.2) is 0 Å². The summed E-state index contributed by atoms with van der Waals surface area (Å²) in [5.41, 5.74) is 1.44. The van der Waals surface area contributed by atoms with E-state index in [4.69, 9.17) is 0 Å². The molecule has 0 amide bonds. The van der Waals surface area contributed by atoms with Crippen LogP contribution >= 0.6 is 0 Å². The zero-order valence-electron chi connectivity index (χ0n) is 10.3. The summed E-state index contributed by atoms with van der Waals surface area (Å²) in [7, 11) is 0. The molecular weight excluding hydrogens is 253 g/mol. The number of aryl methyl sites for hydroxylation is 1. The fourth-order valence-electron chi connectivity index (χ4n) is 1.80. The van der Waals surface area contributed by atoms with Crippen LogP contribution in [0.1, 0.15) is 28.4 Å². The maximum atomic E-state index is 12.4. The summed E-state index contributed by atoms with van der Waals surface area (Å²) in [5.74, 6) is 0. The molecule has 0 aliphatic rings. The highest BCUT2D eigenvalue weighted by atomic mass is 19.4. The lowest BCUT2D eigenvalue weighted by molar-refractivity contribution is -0.137. The molecule has 0 saturated heterocycles. The quantitative estimate of drug-likeness (QED) is 0.867. The number of aliphatic hydroxyl groups excluding tert-OH is 1. The average Bonchev–Trinajstić information content (AvgIpc) is 2.38. The van der Waals surface area contributed by atoms with Crippen molar-refractivity contribution in [1.29, 1.82) is 0 Å². The molecule has 0 bridgehead atoms. The predicted molar refractivity (Wildman–Crippen MR) is 66.7 cm³/mol. The van der Waals surface area contributed by atoms with Gasteiger partial charge in [0.1, 0.15) is 6.10 Å². The van der Waals surface area contributed by atoms with Crippen molar-refractivity contribution >= 4 is 0 Å². The zero-order valence-corrected chi connectivity index (χ0v) is 10.3. The van der Waals surface area contributed by atoms with Crippen LogP contribution in [0.4, 0.5) is 13.2 Å². The SMILES string of the molecule is Cc1ccc([C@@H](O)c2ccc(C(F)(F)F)cc2)cc1. The van der Waals surface area contributed by atoms with E-state index in [1.807, 2.05) is 19.1 Å². The Hall–Kier alpha value is -1.81. The van der Waals surface area contributed by atoms with Crippen LogP contribution in [-0.2, 0) is 6.18 Å². The number of hydrogen-bond acceptors (Lipinski definition) is 1. The first-order valence-electron chi connectivity index (χ1n) is 5.80. The molecule has 2 rings (SSSR count). The Morgan fingerprint density at radius 2 is 1.26 bits per heavy atom. The van der Waals surface area contributed by atoms with Crippen LogP contribution in [0.2, 0.25) is 0 Å². The van der Waals surface area contributed by atoms with E-state index in [0.29, 0.717) is 11.1 Å². The second kappa shape index (κ2) is 5.05. The topological polar surface area (TPSA) is 20.2 Å². The van der Waals surface area contributed by atoms with Crippen molar-refractivity contribution in [3.05, 3.63) is 70.8 Å². The van der Waals surface area contributed by atoms with Crippen LogP contribution < -0.4 is 0 Å². The molecule has 0 fully saturated rings. The van der Waals surface area contributed by atoms with E-state index < -0.39 is 17.8 Å². The first kappa shape index (κ1) is 13.6. The van der Waals surface area contributed by atoms with Crippen LogP contribution in [0.3, 0.4) is 0 Å². The molecule has 0 spiro atoms. The Morgan fingerprint density at radius 1 is 0.842 bits per heavy atom. The average molecular weight is 266 g/mol. The Morgan fingerprint density at radius 3 is 1.68 bits per heavy atom. The van der Waals surface area contributed by atoms with Gasteiger partial charge in [-0.15, -0.1) is 0 Å². The molecule has 0 saturated carbocycles. The summed E-state index contributed by atoms with van der Waals surface area (Å²) in [5, 5.41) is 10.1. The van der Waals surface area contributed by atoms with Crippen LogP contribution in [0.25, 0.3) is 0 Å². The number of benzene rings is 2. The summed E-state index contributed by atoms with van der Waals surface area (Å²) >= 11 is 0. The van der Waals surface area contributed by atoms with E-state index in [0.717, 1.165) is 17.7 Å². The van der Waals surface area contributed by atoms with Crippen molar-refractivity contribution in [1.82, 2.24) is 0 Å². The second-order valence-corrected chi connectivity index (χ2v) is 4.43. The minimum atomic E-state index is -4.35. The number of hydrogen-bond donors (Lipinski definition) is 1. The van der Waals surface area contributed by atoms with Gasteiger partial charge in [-0.05, 0) is 30.2 Å². The maximum absolute atomic E-state index is 12.4. The van der Waals surface area contributed by atoms with Crippen LogP contribution in [0, 0.1) is 6.92 Å². The Labute approximate surface area is 109 Å². The van der Waals surface area contributed by atoms with Gasteiger partial charge in [0.05, 0.1) is 5.56 Å². The van der Waals surface area contributed by atoms with Gasteiger partial charge in [0, 0.05) is 0 Å². The van der Waals surface area contributed by atoms with Gasteiger partial charge in [0.15, 0.2) is 0 Å². The molecule has 1 atom stereocenters. The number of rotatable bonds is 2. The Kier molecular flexibility index (Phi) is 3.62. The van der Waals surface area contributed by atoms with Gasteiger partial charge in [-0.1, -0.05) is 42.0 Å². The van der Waals surface area contributed by atoms with Gasteiger partial charge < -0.3 is 5.11 Å². The lowest BCUT2D eigenvalue weighted by Gasteiger charge is -2.13. The molecule has 0 aliphatic carbocycles. The number of halogens is 3.